The van der Waals surface area contributed by atoms with Gasteiger partial charge in [-0.05, 0) is 48.6 Å². The second-order valence-electron chi connectivity index (χ2n) is 5.44. The number of aromatic hydroxyl groups is 1. The fourth-order valence-electron chi connectivity index (χ4n) is 2.91. The number of benzene rings is 2. The first-order valence-corrected chi connectivity index (χ1v) is 7.12. The van der Waals surface area contributed by atoms with E-state index in [-0.39, 0.29) is 11.8 Å². The van der Waals surface area contributed by atoms with Crippen molar-refractivity contribution in [1.82, 2.24) is 5.32 Å². The van der Waals surface area contributed by atoms with Gasteiger partial charge in [-0.2, -0.15) is 0 Å². The molecule has 3 rings (SSSR count). The Labute approximate surface area is 122 Å². The van der Waals surface area contributed by atoms with Crippen molar-refractivity contribution in [3.8, 4) is 5.75 Å². The largest absolute Gasteiger partial charge is 0.508 e. The molecule has 2 aromatic rings. The summed E-state index contributed by atoms with van der Waals surface area (Å²) in [5.74, 6) is -0.807. The third kappa shape index (κ3) is 3.05. The minimum atomic E-state index is -0.560. The molecule has 0 aliphatic heterocycles. The molecule has 0 spiro atoms. The van der Waals surface area contributed by atoms with Gasteiger partial charge in [0.1, 0.15) is 17.4 Å². The van der Waals surface area contributed by atoms with E-state index in [4.69, 9.17) is 0 Å². The number of phenols is 1. The van der Waals surface area contributed by atoms with Crippen LogP contribution >= 0.6 is 0 Å². The Hall–Kier alpha value is -1.94. The Morgan fingerprint density at radius 2 is 2.00 bits per heavy atom. The number of nitrogens with one attached hydrogen (secondary N) is 1. The molecule has 1 atom stereocenters. The molecule has 21 heavy (non-hydrogen) atoms. The lowest BCUT2D eigenvalue weighted by Gasteiger charge is -2.26. The summed E-state index contributed by atoms with van der Waals surface area (Å²) in [5.41, 5.74) is 2.75. The zero-order valence-corrected chi connectivity index (χ0v) is 11.6. The van der Waals surface area contributed by atoms with E-state index < -0.39 is 11.6 Å². The molecule has 2 nitrogen and oxygen atoms in total. The third-order valence-corrected chi connectivity index (χ3v) is 3.99. The number of rotatable bonds is 3. The van der Waals surface area contributed by atoms with E-state index in [0.717, 1.165) is 36.5 Å². The molecule has 0 aromatic heterocycles. The maximum atomic E-state index is 13.6. The minimum absolute atomic E-state index is 0.138. The Morgan fingerprint density at radius 1 is 1.14 bits per heavy atom. The summed E-state index contributed by atoms with van der Waals surface area (Å²) in [7, 11) is 0. The molecule has 0 saturated heterocycles. The zero-order valence-electron chi connectivity index (χ0n) is 11.6. The quantitative estimate of drug-likeness (QED) is 0.900. The first kappa shape index (κ1) is 14.0. The Bertz CT molecular complexity index is 657. The summed E-state index contributed by atoms with van der Waals surface area (Å²) in [5, 5.41) is 12.9. The van der Waals surface area contributed by atoms with Gasteiger partial charge in [-0.1, -0.05) is 12.1 Å². The summed E-state index contributed by atoms with van der Waals surface area (Å²) in [6.07, 6.45) is 2.95. The van der Waals surface area contributed by atoms with Crippen LogP contribution in [-0.2, 0) is 13.0 Å². The van der Waals surface area contributed by atoms with Crippen molar-refractivity contribution in [3.63, 3.8) is 0 Å². The fourth-order valence-corrected chi connectivity index (χ4v) is 2.91. The summed E-state index contributed by atoms with van der Waals surface area (Å²) in [4.78, 5) is 0. The van der Waals surface area contributed by atoms with Crippen molar-refractivity contribution in [2.75, 3.05) is 0 Å². The van der Waals surface area contributed by atoms with Crippen LogP contribution < -0.4 is 5.32 Å². The number of fused-ring (bicyclic) bond motifs is 1. The molecule has 4 heteroatoms. The fraction of sp³-hybridized carbons (Fsp3) is 0.294. The molecule has 110 valence electrons. The van der Waals surface area contributed by atoms with E-state index in [2.05, 4.69) is 5.32 Å². The molecular formula is C17H17F2NO. The van der Waals surface area contributed by atoms with E-state index in [1.165, 1.54) is 12.1 Å². The van der Waals surface area contributed by atoms with Gasteiger partial charge >= 0.3 is 0 Å². The lowest BCUT2D eigenvalue weighted by Crippen LogP contribution is -2.25. The van der Waals surface area contributed by atoms with Crippen molar-refractivity contribution in [2.24, 2.45) is 0 Å². The lowest BCUT2D eigenvalue weighted by molar-refractivity contribution is 0.444. The van der Waals surface area contributed by atoms with Gasteiger partial charge in [-0.3, -0.25) is 0 Å². The van der Waals surface area contributed by atoms with Crippen LogP contribution in [0.4, 0.5) is 8.78 Å². The molecule has 0 fully saturated rings. The van der Waals surface area contributed by atoms with Crippen molar-refractivity contribution in [2.45, 2.75) is 31.8 Å². The predicted octanol–water partition coefficient (Wildman–Crippen LogP) is 3.84. The number of hydrogen-bond donors (Lipinski definition) is 2. The summed E-state index contributed by atoms with van der Waals surface area (Å²) in [6, 6.07) is 9.18. The molecule has 2 N–H and O–H groups in total. The van der Waals surface area contributed by atoms with E-state index in [1.54, 1.807) is 12.1 Å². The van der Waals surface area contributed by atoms with Crippen LogP contribution in [0, 0.1) is 11.6 Å². The van der Waals surface area contributed by atoms with Crippen LogP contribution in [-0.4, -0.2) is 5.11 Å². The smallest absolute Gasteiger partial charge is 0.130 e. The molecule has 0 bridgehead atoms. The van der Waals surface area contributed by atoms with Gasteiger partial charge in [-0.25, -0.2) is 8.78 Å². The highest BCUT2D eigenvalue weighted by atomic mass is 19.1. The first-order valence-electron chi connectivity index (χ1n) is 7.12. The molecule has 1 unspecified atom stereocenters. The molecule has 0 amide bonds. The average Bonchev–Trinajstić information content (AvgIpc) is 2.46. The van der Waals surface area contributed by atoms with Crippen molar-refractivity contribution in [3.05, 3.63) is 64.7 Å². The van der Waals surface area contributed by atoms with Crippen LogP contribution in [0.3, 0.4) is 0 Å². The molecule has 2 aromatic carbocycles. The van der Waals surface area contributed by atoms with Crippen molar-refractivity contribution < 1.29 is 13.9 Å². The Kier molecular flexibility index (Phi) is 3.88. The van der Waals surface area contributed by atoms with Gasteiger partial charge in [0, 0.05) is 24.2 Å². The maximum Gasteiger partial charge on any atom is 0.130 e. The highest BCUT2D eigenvalue weighted by Gasteiger charge is 2.20. The van der Waals surface area contributed by atoms with E-state index in [0.29, 0.717) is 12.1 Å². The number of hydrogen-bond acceptors (Lipinski definition) is 2. The van der Waals surface area contributed by atoms with Gasteiger partial charge in [0.05, 0.1) is 0 Å². The normalized spacial score (nSPS) is 17.5. The minimum Gasteiger partial charge on any atom is -0.508 e. The van der Waals surface area contributed by atoms with Gasteiger partial charge in [0.25, 0.3) is 0 Å². The highest BCUT2D eigenvalue weighted by molar-refractivity contribution is 5.38. The van der Waals surface area contributed by atoms with Crippen LogP contribution in [0.1, 0.15) is 35.6 Å². The maximum absolute atomic E-state index is 13.6. The van der Waals surface area contributed by atoms with E-state index in [9.17, 15) is 13.9 Å². The summed E-state index contributed by atoms with van der Waals surface area (Å²) < 4.78 is 26.5. The molecule has 0 heterocycles. The van der Waals surface area contributed by atoms with Crippen LogP contribution in [0.15, 0.2) is 36.4 Å². The first-order chi connectivity index (χ1) is 10.1. The third-order valence-electron chi connectivity index (χ3n) is 3.99. The number of aryl methyl sites for hydroxylation is 1. The molecular weight excluding hydrogens is 272 g/mol. The van der Waals surface area contributed by atoms with Crippen LogP contribution in [0.25, 0.3) is 0 Å². The van der Waals surface area contributed by atoms with Crippen LogP contribution in [0.2, 0.25) is 0 Å². The zero-order chi connectivity index (χ0) is 14.8. The molecule has 0 saturated carbocycles. The Morgan fingerprint density at radius 3 is 2.81 bits per heavy atom. The lowest BCUT2D eigenvalue weighted by atomic mass is 9.87. The second-order valence-corrected chi connectivity index (χ2v) is 5.44. The number of phenolic OH excluding ortho intramolecular Hbond substituents is 1. The summed E-state index contributed by atoms with van der Waals surface area (Å²) in [6.45, 7) is 0.358. The highest BCUT2D eigenvalue weighted by Crippen LogP contribution is 2.32. The number of halogens is 2. The van der Waals surface area contributed by atoms with Gasteiger partial charge in [-0.15, -0.1) is 0 Å². The Balaban J connectivity index is 1.75. The van der Waals surface area contributed by atoms with Gasteiger partial charge in [0.2, 0.25) is 0 Å². The van der Waals surface area contributed by atoms with E-state index >= 15 is 0 Å². The standard InChI is InChI=1S/C17H17F2NO/c18-13-5-4-12(16(19)9-13)10-20-17-3-1-2-11-8-14(21)6-7-15(11)17/h4-9,17,20-21H,1-3,10H2. The molecule has 0 radical (unpaired) electrons. The molecule has 1 aliphatic carbocycles. The average molecular weight is 289 g/mol. The van der Waals surface area contributed by atoms with Crippen molar-refractivity contribution >= 4 is 0 Å². The summed E-state index contributed by atoms with van der Waals surface area (Å²) >= 11 is 0. The van der Waals surface area contributed by atoms with Crippen molar-refractivity contribution in [1.29, 1.82) is 0 Å². The monoisotopic (exact) mass is 289 g/mol. The van der Waals surface area contributed by atoms with Gasteiger partial charge in [0.15, 0.2) is 0 Å². The van der Waals surface area contributed by atoms with E-state index in [1.807, 2.05) is 6.07 Å². The molecule has 1 aliphatic rings. The predicted molar refractivity (Wildman–Crippen MR) is 77.0 cm³/mol. The van der Waals surface area contributed by atoms with Gasteiger partial charge < -0.3 is 10.4 Å². The van der Waals surface area contributed by atoms with Crippen LogP contribution in [0.5, 0.6) is 5.75 Å². The topological polar surface area (TPSA) is 32.3 Å². The second kappa shape index (κ2) is 5.82. The SMILES string of the molecule is Oc1ccc2c(c1)CCCC2NCc1ccc(F)cc1F.